The maximum atomic E-state index is 2.38. The molecule has 10 aromatic rings. The van der Waals surface area contributed by atoms with E-state index in [-0.39, 0.29) is 0 Å². The largest absolute Gasteiger partial charge is 0.309 e. The fourth-order valence-corrected chi connectivity index (χ4v) is 7.96. The van der Waals surface area contributed by atoms with Crippen molar-refractivity contribution >= 4 is 54.1 Å². The molecule has 0 saturated carbocycles. The first-order valence-electron chi connectivity index (χ1n) is 16.9. The van der Waals surface area contributed by atoms with Gasteiger partial charge in [-0.15, -0.1) is 0 Å². The van der Waals surface area contributed by atoms with Crippen LogP contribution in [0.5, 0.6) is 0 Å². The number of hydrogen-bond donors (Lipinski definition) is 0. The van der Waals surface area contributed by atoms with E-state index < -0.39 is 0 Å². The van der Waals surface area contributed by atoms with Crippen molar-refractivity contribution in [3.05, 3.63) is 188 Å². The van der Waals surface area contributed by atoms with Crippen LogP contribution in [0, 0.1) is 0 Å². The van der Waals surface area contributed by atoms with Crippen LogP contribution < -0.4 is 0 Å². The molecule has 0 aliphatic rings. The van der Waals surface area contributed by atoms with Crippen LogP contribution in [0.1, 0.15) is 0 Å². The molecular weight excluding hydrogens is 591 g/mol. The van der Waals surface area contributed by atoms with Crippen LogP contribution in [0.15, 0.2) is 188 Å². The van der Waals surface area contributed by atoms with E-state index in [2.05, 4.69) is 193 Å². The van der Waals surface area contributed by atoms with E-state index in [9.17, 15) is 0 Å². The first kappa shape index (κ1) is 27.7. The normalized spacial score (nSPS) is 11.7. The molecule has 10 rings (SSSR count). The lowest BCUT2D eigenvalue weighted by atomic mass is 9.85. The Balaban J connectivity index is 1.18. The summed E-state index contributed by atoms with van der Waals surface area (Å²) in [6, 6.07) is 68.8. The summed E-state index contributed by atoms with van der Waals surface area (Å²) in [6.07, 6.45) is 0. The van der Waals surface area contributed by atoms with Crippen LogP contribution >= 0.6 is 0 Å². The second-order valence-corrected chi connectivity index (χ2v) is 12.9. The summed E-state index contributed by atoms with van der Waals surface area (Å²) in [5.41, 5.74) is 11.1. The molecule has 0 amide bonds. The molecule has 0 atom stereocenters. The summed E-state index contributed by atoms with van der Waals surface area (Å²) in [6.45, 7) is 0. The average Bonchev–Trinajstić information content (AvgIpc) is 3.51. The molecule has 0 aliphatic heterocycles. The van der Waals surface area contributed by atoms with Crippen molar-refractivity contribution in [2.24, 2.45) is 0 Å². The van der Waals surface area contributed by atoms with Crippen LogP contribution in [0.2, 0.25) is 0 Å². The molecule has 0 aliphatic carbocycles. The summed E-state index contributed by atoms with van der Waals surface area (Å²) >= 11 is 0. The van der Waals surface area contributed by atoms with Crippen molar-refractivity contribution in [3.8, 4) is 39.1 Å². The van der Waals surface area contributed by atoms with Gasteiger partial charge in [-0.1, -0.05) is 146 Å². The van der Waals surface area contributed by atoms with Crippen molar-refractivity contribution < 1.29 is 0 Å². The lowest BCUT2D eigenvalue weighted by Crippen LogP contribution is -1.93. The highest BCUT2D eigenvalue weighted by molar-refractivity contribution is 6.22. The van der Waals surface area contributed by atoms with Gasteiger partial charge in [-0.25, -0.2) is 0 Å². The molecule has 1 heteroatoms. The van der Waals surface area contributed by atoms with Gasteiger partial charge in [0.25, 0.3) is 0 Å². The van der Waals surface area contributed by atoms with Crippen molar-refractivity contribution in [2.75, 3.05) is 0 Å². The zero-order valence-corrected chi connectivity index (χ0v) is 26.8. The van der Waals surface area contributed by atoms with Gasteiger partial charge in [-0.05, 0) is 108 Å². The monoisotopic (exact) mass is 621 g/mol. The molecule has 1 heterocycles. The second-order valence-electron chi connectivity index (χ2n) is 12.9. The molecule has 1 nitrogen and oxygen atoms in total. The highest BCUT2D eigenvalue weighted by Gasteiger charge is 2.18. The standard InChI is InChI=1S/C48H31N/c1-2-17-38(18-3-1)49-45-24-11-10-19-39(45)44-31-35(27-28-46(44)49)34-15-12-16-36(30-34)47-40-20-6-8-22-42(40)48(43-23-9-7-21-41(43)47)37-26-25-32-13-4-5-14-33(32)29-37/h1-31H. The second kappa shape index (κ2) is 11.1. The SMILES string of the molecule is c1ccc(-n2c3ccccc3c3cc(-c4cccc(-c5c6ccccc6c(-c6ccc7ccccc7c6)c6ccccc56)c4)ccc32)cc1. The van der Waals surface area contributed by atoms with Gasteiger partial charge >= 0.3 is 0 Å². The third kappa shape index (κ3) is 4.40. The number of nitrogens with zero attached hydrogens (tertiary/aromatic N) is 1. The number of para-hydroxylation sites is 2. The number of rotatable bonds is 4. The van der Waals surface area contributed by atoms with Gasteiger partial charge in [0, 0.05) is 16.5 Å². The van der Waals surface area contributed by atoms with Crippen LogP contribution in [0.3, 0.4) is 0 Å². The van der Waals surface area contributed by atoms with Crippen molar-refractivity contribution in [2.45, 2.75) is 0 Å². The fourth-order valence-electron chi connectivity index (χ4n) is 7.96. The summed E-state index contributed by atoms with van der Waals surface area (Å²) in [5, 5.41) is 10.1. The predicted molar refractivity (Wildman–Crippen MR) is 210 cm³/mol. The molecule has 0 saturated heterocycles. The maximum Gasteiger partial charge on any atom is 0.0541 e. The zero-order chi connectivity index (χ0) is 32.3. The fraction of sp³-hybridized carbons (Fsp3) is 0. The topological polar surface area (TPSA) is 4.93 Å². The molecule has 0 radical (unpaired) electrons. The summed E-state index contributed by atoms with van der Waals surface area (Å²) in [5.74, 6) is 0. The molecular formula is C48H31N. The lowest BCUT2D eigenvalue weighted by Gasteiger charge is -2.18. The van der Waals surface area contributed by atoms with Gasteiger partial charge in [0.15, 0.2) is 0 Å². The summed E-state index contributed by atoms with van der Waals surface area (Å²) in [4.78, 5) is 0. The number of fused-ring (bicyclic) bond motifs is 6. The van der Waals surface area contributed by atoms with Gasteiger partial charge in [0.1, 0.15) is 0 Å². The molecule has 0 spiro atoms. The minimum absolute atomic E-state index is 1.18. The average molecular weight is 622 g/mol. The van der Waals surface area contributed by atoms with E-state index in [1.54, 1.807) is 0 Å². The zero-order valence-electron chi connectivity index (χ0n) is 26.8. The Hall–Kier alpha value is -6.44. The van der Waals surface area contributed by atoms with E-state index in [0.29, 0.717) is 0 Å². The van der Waals surface area contributed by atoms with E-state index in [1.165, 1.54) is 93.2 Å². The van der Waals surface area contributed by atoms with Crippen LogP contribution in [-0.4, -0.2) is 4.57 Å². The third-order valence-electron chi connectivity index (χ3n) is 10.1. The molecule has 0 bridgehead atoms. The van der Waals surface area contributed by atoms with Gasteiger partial charge in [-0.2, -0.15) is 0 Å². The highest BCUT2D eigenvalue weighted by Crippen LogP contribution is 2.45. The van der Waals surface area contributed by atoms with Crippen molar-refractivity contribution in [3.63, 3.8) is 0 Å². The highest BCUT2D eigenvalue weighted by atomic mass is 15.0. The van der Waals surface area contributed by atoms with Crippen molar-refractivity contribution in [1.82, 2.24) is 4.57 Å². The van der Waals surface area contributed by atoms with E-state index in [0.717, 1.165) is 0 Å². The van der Waals surface area contributed by atoms with Gasteiger partial charge < -0.3 is 4.57 Å². The van der Waals surface area contributed by atoms with E-state index in [1.807, 2.05) is 0 Å². The number of benzene rings is 9. The van der Waals surface area contributed by atoms with E-state index >= 15 is 0 Å². The van der Waals surface area contributed by atoms with Gasteiger partial charge in [0.2, 0.25) is 0 Å². The molecule has 1 aromatic heterocycles. The smallest absolute Gasteiger partial charge is 0.0541 e. The molecule has 228 valence electrons. The first-order valence-corrected chi connectivity index (χ1v) is 16.9. The van der Waals surface area contributed by atoms with Crippen LogP contribution in [-0.2, 0) is 0 Å². The Bertz CT molecular complexity index is 2820. The molecule has 0 fully saturated rings. The Morgan fingerprint density at radius 1 is 0.265 bits per heavy atom. The van der Waals surface area contributed by atoms with Crippen LogP contribution in [0.4, 0.5) is 0 Å². The lowest BCUT2D eigenvalue weighted by molar-refractivity contribution is 1.18. The first-order chi connectivity index (χ1) is 24.3. The Morgan fingerprint density at radius 2 is 0.776 bits per heavy atom. The quantitative estimate of drug-likeness (QED) is 0.172. The molecule has 9 aromatic carbocycles. The Labute approximate surface area is 284 Å². The number of aromatic nitrogens is 1. The van der Waals surface area contributed by atoms with Crippen molar-refractivity contribution in [1.29, 1.82) is 0 Å². The predicted octanol–water partition coefficient (Wildman–Crippen LogP) is 13.2. The number of hydrogen-bond acceptors (Lipinski definition) is 0. The molecule has 0 unspecified atom stereocenters. The Morgan fingerprint density at radius 3 is 1.49 bits per heavy atom. The van der Waals surface area contributed by atoms with Gasteiger partial charge in [0.05, 0.1) is 11.0 Å². The molecule has 49 heavy (non-hydrogen) atoms. The Kier molecular flexibility index (Phi) is 6.25. The molecule has 0 N–H and O–H groups in total. The summed E-state index contributed by atoms with van der Waals surface area (Å²) < 4.78 is 2.38. The minimum Gasteiger partial charge on any atom is -0.309 e. The van der Waals surface area contributed by atoms with Gasteiger partial charge in [-0.3, -0.25) is 0 Å². The van der Waals surface area contributed by atoms with Crippen LogP contribution in [0.25, 0.3) is 93.2 Å². The maximum absolute atomic E-state index is 2.38. The summed E-state index contributed by atoms with van der Waals surface area (Å²) in [7, 11) is 0. The van der Waals surface area contributed by atoms with E-state index in [4.69, 9.17) is 0 Å². The third-order valence-corrected chi connectivity index (χ3v) is 10.1. The minimum atomic E-state index is 1.18.